The minimum atomic E-state index is 1.16. The second-order valence-corrected chi connectivity index (χ2v) is 6.26. The molecule has 3 rings (SSSR count). The van der Waals surface area contributed by atoms with Crippen molar-refractivity contribution < 1.29 is 0 Å². The normalized spacial score (nSPS) is 23.1. The van der Waals surface area contributed by atoms with E-state index in [4.69, 9.17) is 0 Å². The molecule has 0 spiro atoms. The maximum absolute atomic E-state index is 3.60. The Morgan fingerprint density at radius 1 is 0.737 bits per heavy atom. The highest BCUT2D eigenvalue weighted by atomic mass is 79.9. The Labute approximate surface area is 124 Å². The van der Waals surface area contributed by atoms with Gasteiger partial charge in [-0.05, 0) is 66.9 Å². The molecule has 19 heavy (non-hydrogen) atoms. The molecule has 0 atom stereocenters. The summed E-state index contributed by atoms with van der Waals surface area (Å²) in [6, 6.07) is 0. The SMILES string of the molecule is BrC1=CCCC(C2=CC=C(C3=CC=CCC3)CC2)=C1. The molecule has 0 radical (unpaired) electrons. The number of hydrogen-bond donors (Lipinski definition) is 0. The molecule has 3 aliphatic carbocycles. The lowest BCUT2D eigenvalue weighted by Crippen LogP contribution is -2.01. The van der Waals surface area contributed by atoms with Gasteiger partial charge in [0, 0.05) is 4.48 Å². The largest absolute Gasteiger partial charge is 0.0842 e. The van der Waals surface area contributed by atoms with Crippen LogP contribution < -0.4 is 0 Å². The Morgan fingerprint density at radius 2 is 1.42 bits per heavy atom. The van der Waals surface area contributed by atoms with Crippen molar-refractivity contribution in [2.75, 3.05) is 0 Å². The second-order valence-electron chi connectivity index (χ2n) is 5.34. The predicted octanol–water partition coefficient (Wildman–Crippen LogP) is 5.91. The van der Waals surface area contributed by atoms with E-state index in [1.807, 2.05) is 0 Å². The van der Waals surface area contributed by atoms with E-state index < -0.39 is 0 Å². The molecule has 0 aromatic carbocycles. The molecule has 0 unspecified atom stereocenters. The van der Waals surface area contributed by atoms with E-state index in [0.29, 0.717) is 0 Å². The molecule has 98 valence electrons. The van der Waals surface area contributed by atoms with Crippen molar-refractivity contribution in [1.82, 2.24) is 0 Å². The third kappa shape index (κ3) is 3.09. The molecule has 0 amide bonds. The molecule has 0 fully saturated rings. The van der Waals surface area contributed by atoms with Gasteiger partial charge in [0.1, 0.15) is 0 Å². The van der Waals surface area contributed by atoms with Crippen LogP contribution >= 0.6 is 15.9 Å². The standard InChI is InChI=1S/C18H19Br/c19-18-8-4-7-17(13-18)16-11-9-15(10-12-16)14-5-2-1-3-6-14/h1-2,5,8-9,11,13H,3-4,6-7,10,12H2. The van der Waals surface area contributed by atoms with Crippen molar-refractivity contribution in [2.24, 2.45) is 0 Å². The summed E-state index contributed by atoms with van der Waals surface area (Å²) >= 11 is 3.60. The highest BCUT2D eigenvalue weighted by molar-refractivity contribution is 9.11. The number of halogens is 1. The molecule has 0 aromatic rings. The lowest BCUT2D eigenvalue weighted by molar-refractivity contribution is 0.850. The Bertz CT molecular complexity index is 550. The van der Waals surface area contributed by atoms with Crippen molar-refractivity contribution in [2.45, 2.75) is 38.5 Å². The summed E-state index contributed by atoms with van der Waals surface area (Å²) in [6.07, 6.45) is 23.1. The first-order valence-corrected chi connectivity index (χ1v) is 7.94. The first-order valence-electron chi connectivity index (χ1n) is 7.15. The topological polar surface area (TPSA) is 0 Å². The van der Waals surface area contributed by atoms with Gasteiger partial charge < -0.3 is 0 Å². The first kappa shape index (κ1) is 12.9. The molecule has 0 bridgehead atoms. The number of rotatable bonds is 2. The Morgan fingerprint density at radius 3 is 2.05 bits per heavy atom. The van der Waals surface area contributed by atoms with Gasteiger partial charge in [0.15, 0.2) is 0 Å². The van der Waals surface area contributed by atoms with Crippen molar-refractivity contribution in [3.8, 4) is 0 Å². The van der Waals surface area contributed by atoms with Crippen LogP contribution in [-0.2, 0) is 0 Å². The number of hydrogen-bond acceptors (Lipinski definition) is 0. The van der Waals surface area contributed by atoms with E-state index in [2.05, 4.69) is 58.5 Å². The van der Waals surface area contributed by atoms with Crippen LogP contribution in [0.5, 0.6) is 0 Å². The minimum Gasteiger partial charge on any atom is -0.0842 e. The van der Waals surface area contributed by atoms with E-state index >= 15 is 0 Å². The third-order valence-corrected chi connectivity index (χ3v) is 4.61. The highest BCUT2D eigenvalue weighted by Gasteiger charge is 2.14. The van der Waals surface area contributed by atoms with E-state index in [9.17, 15) is 0 Å². The zero-order valence-electron chi connectivity index (χ0n) is 11.2. The van der Waals surface area contributed by atoms with Gasteiger partial charge in [-0.2, -0.15) is 0 Å². The van der Waals surface area contributed by atoms with Crippen LogP contribution in [0.25, 0.3) is 0 Å². The summed E-state index contributed by atoms with van der Waals surface area (Å²) in [4.78, 5) is 0. The van der Waals surface area contributed by atoms with Gasteiger partial charge in [-0.15, -0.1) is 0 Å². The highest BCUT2D eigenvalue weighted by Crippen LogP contribution is 2.34. The predicted molar refractivity (Wildman–Crippen MR) is 86.2 cm³/mol. The summed E-state index contributed by atoms with van der Waals surface area (Å²) in [5.74, 6) is 0. The maximum Gasteiger partial charge on any atom is 0.0138 e. The molecule has 0 N–H and O–H groups in total. The lowest BCUT2D eigenvalue weighted by Gasteiger charge is -2.21. The monoisotopic (exact) mass is 314 g/mol. The van der Waals surface area contributed by atoms with Crippen LogP contribution in [0.1, 0.15) is 38.5 Å². The Hall–Kier alpha value is -1.08. The van der Waals surface area contributed by atoms with Crippen LogP contribution in [0.3, 0.4) is 0 Å². The van der Waals surface area contributed by atoms with E-state index in [-0.39, 0.29) is 0 Å². The van der Waals surface area contributed by atoms with E-state index in [1.54, 1.807) is 5.57 Å². The van der Waals surface area contributed by atoms with Crippen LogP contribution in [0.2, 0.25) is 0 Å². The molecule has 0 nitrogen and oxygen atoms in total. The van der Waals surface area contributed by atoms with Gasteiger partial charge in [0.2, 0.25) is 0 Å². The fourth-order valence-corrected chi connectivity index (χ4v) is 3.46. The molecular weight excluding hydrogens is 296 g/mol. The summed E-state index contributed by atoms with van der Waals surface area (Å²) in [6.45, 7) is 0. The van der Waals surface area contributed by atoms with Crippen LogP contribution in [0.4, 0.5) is 0 Å². The number of allylic oxidation sites excluding steroid dienone is 12. The first-order chi connectivity index (χ1) is 9.33. The smallest absolute Gasteiger partial charge is 0.0138 e. The zero-order chi connectivity index (χ0) is 13.1. The average Bonchev–Trinajstić information content (AvgIpc) is 2.48. The minimum absolute atomic E-state index is 1.16. The molecule has 0 aliphatic heterocycles. The second kappa shape index (κ2) is 5.92. The fraction of sp³-hybridized carbons (Fsp3) is 0.333. The molecule has 0 saturated carbocycles. The van der Waals surface area contributed by atoms with Gasteiger partial charge in [0.25, 0.3) is 0 Å². The van der Waals surface area contributed by atoms with Crippen molar-refractivity contribution in [1.29, 1.82) is 0 Å². The summed E-state index contributed by atoms with van der Waals surface area (Å²) in [5, 5.41) is 0. The van der Waals surface area contributed by atoms with Gasteiger partial charge in [-0.3, -0.25) is 0 Å². The van der Waals surface area contributed by atoms with Crippen LogP contribution in [0.15, 0.2) is 69.3 Å². The fourth-order valence-electron chi connectivity index (χ4n) is 2.96. The summed E-state index contributed by atoms with van der Waals surface area (Å²) in [7, 11) is 0. The Balaban J connectivity index is 1.79. The third-order valence-electron chi connectivity index (χ3n) is 4.05. The van der Waals surface area contributed by atoms with E-state index in [0.717, 1.165) is 6.42 Å². The molecule has 0 saturated heterocycles. The van der Waals surface area contributed by atoms with E-state index in [1.165, 1.54) is 53.3 Å². The Kier molecular flexibility index (Phi) is 4.03. The summed E-state index contributed by atoms with van der Waals surface area (Å²) in [5.41, 5.74) is 6.12. The molecule has 0 aromatic heterocycles. The van der Waals surface area contributed by atoms with Crippen LogP contribution in [0, 0.1) is 0 Å². The lowest BCUT2D eigenvalue weighted by atomic mass is 9.85. The quantitative estimate of drug-likeness (QED) is 0.594. The zero-order valence-corrected chi connectivity index (χ0v) is 12.7. The van der Waals surface area contributed by atoms with Crippen molar-refractivity contribution in [3.63, 3.8) is 0 Å². The molecule has 0 heterocycles. The van der Waals surface area contributed by atoms with Crippen LogP contribution in [-0.4, -0.2) is 0 Å². The molecule has 1 heteroatoms. The average molecular weight is 315 g/mol. The van der Waals surface area contributed by atoms with Gasteiger partial charge in [-0.1, -0.05) is 52.4 Å². The van der Waals surface area contributed by atoms with Gasteiger partial charge in [0.05, 0.1) is 0 Å². The van der Waals surface area contributed by atoms with Crippen molar-refractivity contribution in [3.05, 3.63) is 69.3 Å². The van der Waals surface area contributed by atoms with Crippen molar-refractivity contribution >= 4 is 15.9 Å². The maximum atomic E-state index is 3.60. The summed E-state index contributed by atoms with van der Waals surface area (Å²) < 4.78 is 1.24. The molecular formula is C18H19Br. The molecule has 3 aliphatic rings. The van der Waals surface area contributed by atoms with Gasteiger partial charge >= 0.3 is 0 Å². The van der Waals surface area contributed by atoms with Gasteiger partial charge in [-0.25, -0.2) is 0 Å².